The molecule has 2 heterocycles. The maximum absolute atomic E-state index is 4.58. The van der Waals surface area contributed by atoms with Crippen LogP contribution in [0.15, 0.2) is 12.3 Å². The Morgan fingerprint density at radius 2 is 2.33 bits per heavy atom. The predicted octanol–water partition coefficient (Wildman–Crippen LogP) is 2.17. The Labute approximate surface area is 90.5 Å². The van der Waals surface area contributed by atoms with Gasteiger partial charge in [-0.3, -0.25) is 0 Å². The normalized spacial score (nSPS) is 20.5. The number of nitrogens with zero attached hydrogens (tertiary/aromatic N) is 2. The largest absolute Gasteiger partial charge is 0.382 e. The number of nitrogens with one attached hydrogen (secondary N) is 1. The van der Waals surface area contributed by atoms with Crippen LogP contribution in [-0.2, 0) is 0 Å². The van der Waals surface area contributed by atoms with Gasteiger partial charge in [-0.15, -0.1) is 0 Å². The fourth-order valence-corrected chi connectivity index (χ4v) is 2.24. The van der Waals surface area contributed by atoms with Gasteiger partial charge in [-0.2, -0.15) is 0 Å². The first-order chi connectivity index (χ1) is 7.34. The lowest BCUT2D eigenvalue weighted by atomic mass is 10.2. The highest BCUT2D eigenvalue weighted by atomic mass is 15.3. The third kappa shape index (κ3) is 1.66. The second-order valence-corrected chi connectivity index (χ2v) is 4.59. The Morgan fingerprint density at radius 3 is 3.13 bits per heavy atom. The van der Waals surface area contributed by atoms with Crippen molar-refractivity contribution in [2.24, 2.45) is 0 Å². The van der Waals surface area contributed by atoms with Gasteiger partial charge in [0, 0.05) is 25.3 Å². The second-order valence-electron chi connectivity index (χ2n) is 4.59. The molecule has 0 bridgehead atoms. The average Bonchev–Trinajstić information content (AvgIpc) is 3.01. The average molecular weight is 203 g/mol. The fraction of sp³-hybridized carbons (Fsp3) is 0.583. The molecule has 3 rings (SSSR count). The summed E-state index contributed by atoms with van der Waals surface area (Å²) in [7, 11) is 0. The van der Waals surface area contributed by atoms with E-state index in [-0.39, 0.29) is 0 Å². The van der Waals surface area contributed by atoms with E-state index in [0.717, 1.165) is 19.1 Å². The summed E-state index contributed by atoms with van der Waals surface area (Å²) in [5, 5.41) is 3.47. The minimum absolute atomic E-state index is 0.763. The minimum Gasteiger partial charge on any atom is -0.382 e. The number of aryl methyl sites for hydroxylation is 1. The molecule has 0 atom stereocenters. The number of anilines is 2. The molecule has 3 heteroatoms. The van der Waals surface area contributed by atoms with Crippen LogP contribution < -0.4 is 10.2 Å². The summed E-state index contributed by atoms with van der Waals surface area (Å²) in [4.78, 5) is 7.07. The van der Waals surface area contributed by atoms with Crippen LogP contribution in [0.1, 0.15) is 24.8 Å². The van der Waals surface area contributed by atoms with Gasteiger partial charge in [0.15, 0.2) is 5.82 Å². The number of pyridine rings is 1. The van der Waals surface area contributed by atoms with Crippen LogP contribution in [-0.4, -0.2) is 24.1 Å². The van der Waals surface area contributed by atoms with Gasteiger partial charge >= 0.3 is 0 Å². The predicted molar refractivity (Wildman–Crippen MR) is 62.4 cm³/mol. The first-order valence-electron chi connectivity index (χ1n) is 5.82. The molecule has 0 radical (unpaired) electrons. The van der Waals surface area contributed by atoms with Crippen LogP contribution >= 0.6 is 0 Å². The van der Waals surface area contributed by atoms with E-state index in [1.54, 1.807) is 0 Å². The summed E-state index contributed by atoms with van der Waals surface area (Å²) in [5.41, 5.74) is 2.46. The van der Waals surface area contributed by atoms with Gasteiger partial charge in [-0.25, -0.2) is 4.98 Å². The molecule has 0 amide bonds. The molecule has 15 heavy (non-hydrogen) atoms. The summed E-state index contributed by atoms with van der Waals surface area (Å²) in [6.45, 7) is 4.32. The molecule has 1 aliphatic heterocycles. The molecule has 1 fully saturated rings. The van der Waals surface area contributed by atoms with E-state index in [0.29, 0.717) is 0 Å². The zero-order chi connectivity index (χ0) is 10.3. The monoisotopic (exact) mass is 203 g/mol. The quantitative estimate of drug-likeness (QED) is 0.758. The van der Waals surface area contributed by atoms with E-state index in [4.69, 9.17) is 0 Å². The van der Waals surface area contributed by atoms with Crippen LogP contribution in [0.25, 0.3) is 0 Å². The highest BCUT2D eigenvalue weighted by molar-refractivity contribution is 5.68. The molecule has 2 aliphatic rings. The van der Waals surface area contributed by atoms with Crippen LogP contribution in [0.2, 0.25) is 0 Å². The van der Waals surface area contributed by atoms with Gasteiger partial charge in [0.25, 0.3) is 0 Å². The lowest BCUT2D eigenvalue weighted by molar-refractivity contribution is 0.750. The first kappa shape index (κ1) is 9.01. The molecule has 1 aliphatic carbocycles. The van der Waals surface area contributed by atoms with Crippen molar-refractivity contribution in [2.75, 3.05) is 23.3 Å². The molecule has 0 unspecified atom stereocenters. The molecule has 0 aromatic carbocycles. The van der Waals surface area contributed by atoms with Crippen molar-refractivity contribution in [1.82, 2.24) is 4.98 Å². The smallest absolute Gasteiger partial charge is 0.152 e. The summed E-state index contributed by atoms with van der Waals surface area (Å²) in [5.74, 6) is 1.17. The fourth-order valence-electron chi connectivity index (χ4n) is 2.24. The topological polar surface area (TPSA) is 28.2 Å². The third-order valence-electron chi connectivity index (χ3n) is 3.15. The number of rotatable bonds is 1. The van der Waals surface area contributed by atoms with E-state index in [1.807, 2.05) is 6.20 Å². The summed E-state index contributed by atoms with van der Waals surface area (Å²) >= 11 is 0. The van der Waals surface area contributed by atoms with Crippen molar-refractivity contribution in [3.05, 3.63) is 17.8 Å². The molecule has 1 aromatic heterocycles. The van der Waals surface area contributed by atoms with Crippen molar-refractivity contribution in [1.29, 1.82) is 0 Å². The molecule has 1 saturated carbocycles. The zero-order valence-electron chi connectivity index (χ0n) is 9.16. The van der Waals surface area contributed by atoms with Crippen LogP contribution in [0.4, 0.5) is 11.5 Å². The van der Waals surface area contributed by atoms with Gasteiger partial charge in [0.1, 0.15) is 0 Å². The van der Waals surface area contributed by atoms with Crippen LogP contribution in [0.3, 0.4) is 0 Å². The molecule has 3 nitrogen and oxygen atoms in total. The summed E-state index contributed by atoms with van der Waals surface area (Å²) in [6.07, 6.45) is 5.87. The molecule has 0 spiro atoms. The van der Waals surface area contributed by atoms with E-state index >= 15 is 0 Å². The van der Waals surface area contributed by atoms with E-state index in [2.05, 4.69) is 28.2 Å². The first-order valence-corrected chi connectivity index (χ1v) is 5.82. The molecule has 80 valence electrons. The van der Waals surface area contributed by atoms with Gasteiger partial charge in [0.05, 0.1) is 5.69 Å². The molecule has 1 aromatic rings. The van der Waals surface area contributed by atoms with Crippen molar-refractivity contribution >= 4 is 11.5 Å². The van der Waals surface area contributed by atoms with Crippen molar-refractivity contribution in [2.45, 2.75) is 32.2 Å². The Balaban J connectivity index is 2.00. The Morgan fingerprint density at radius 1 is 1.47 bits per heavy atom. The molecular weight excluding hydrogens is 186 g/mol. The Kier molecular flexibility index (Phi) is 2.04. The Bertz CT molecular complexity index is 371. The standard InChI is InChI=1S/C12H17N3/c1-9-7-11-12(14-8-9)15(10-3-4-10)6-2-5-13-11/h7-8,10,13H,2-6H2,1H3. The zero-order valence-corrected chi connectivity index (χ0v) is 9.16. The third-order valence-corrected chi connectivity index (χ3v) is 3.15. The van der Waals surface area contributed by atoms with Gasteiger partial charge < -0.3 is 10.2 Å². The maximum atomic E-state index is 4.58. The van der Waals surface area contributed by atoms with E-state index < -0.39 is 0 Å². The number of hydrogen-bond donors (Lipinski definition) is 1. The highest BCUT2D eigenvalue weighted by Gasteiger charge is 2.31. The number of aromatic nitrogens is 1. The molecule has 0 saturated heterocycles. The second kappa shape index (κ2) is 3.40. The summed E-state index contributed by atoms with van der Waals surface area (Å²) < 4.78 is 0. The van der Waals surface area contributed by atoms with Gasteiger partial charge in [0.2, 0.25) is 0 Å². The van der Waals surface area contributed by atoms with Crippen molar-refractivity contribution in [3.63, 3.8) is 0 Å². The van der Waals surface area contributed by atoms with Gasteiger partial charge in [-0.05, 0) is 37.8 Å². The van der Waals surface area contributed by atoms with Gasteiger partial charge in [-0.1, -0.05) is 0 Å². The van der Waals surface area contributed by atoms with Crippen LogP contribution in [0.5, 0.6) is 0 Å². The lowest BCUT2D eigenvalue weighted by Gasteiger charge is -2.22. The lowest BCUT2D eigenvalue weighted by Crippen LogP contribution is -2.27. The SMILES string of the molecule is Cc1cnc2c(c1)NCCCN2C1CC1. The van der Waals surface area contributed by atoms with E-state index in [1.165, 1.54) is 36.3 Å². The maximum Gasteiger partial charge on any atom is 0.152 e. The number of hydrogen-bond acceptors (Lipinski definition) is 3. The Hall–Kier alpha value is -1.25. The number of fused-ring (bicyclic) bond motifs is 1. The minimum atomic E-state index is 0.763. The molecule has 1 N–H and O–H groups in total. The summed E-state index contributed by atoms with van der Waals surface area (Å²) in [6, 6.07) is 2.97. The highest BCUT2D eigenvalue weighted by Crippen LogP contribution is 2.35. The van der Waals surface area contributed by atoms with Crippen molar-refractivity contribution in [3.8, 4) is 0 Å². The van der Waals surface area contributed by atoms with Crippen LogP contribution in [0, 0.1) is 6.92 Å². The molecular formula is C12H17N3. The van der Waals surface area contributed by atoms with E-state index in [9.17, 15) is 0 Å². The van der Waals surface area contributed by atoms with Crippen molar-refractivity contribution < 1.29 is 0 Å².